The molecule has 0 amide bonds. The minimum atomic E-state index is -0.576. The summed E-state index contributed by atoms with van der Waals surface area (Å²) in [6.45, 7) is 9.80. The van der Waals surface area contributed by atoms with E-state index in [9.17, 15) is 14.8 Å². The van der Waals surface area contributed by atoms with Crippen LogP contribution in [0, 0.1) is 5.92 Å². The van der Waals surface area contributed by atoms with Crippen LogP contribution >= 0.6 is 0 Å². The Balaban J connectivity index is 1.87. The second-order valence-corrected chi connectivity index (χ2v) is 7.18. The zero-order chi connectivity index (χ0) is 18.8. The Morgan fingerprint density at radius 1 is 1.12 bits per heavy atom. The second kappa shape index (κ2) is 7.60. The van der Waals surface area contributed by atoms with Gasteiger partial charge in [-0.1, -0.05) is 18.7 Å². The van der Waals surface area contributed by atoms with E-state index in [2.05, 4.69) is 18.0 Å². The zero-order valence-corrected chi connectivity index (χ0v) is 14.9. The van der Waals surface area contributed by atoms with Crippen molar-refractivity contribution in [3.05, 3.63) is 47.6 Å². The zero-order valence-electron chi connectivity index (χ0n) is 14.9. The molecule has 6 heteroatoms. The maximum Gasteiger partial charge on any atom is 0.334 e. The highest BCUT2D eigenvalue weighted by molar-refractivity contribution is 5.91. The van der Waals surface area contributed by atoms with E-state index in [0.717, 1.165) is 5.57 Å². The summed E-state index contributed by atoms with van der Waals surface area (Å²) in [7, 11) is 0. The number of fused-ring (bicyclic) bond motifs is 2. The molecule has 0 spiro atoms. The summed E-state index contributed by atoms with van der Waals surface area (Å²) in [5, 5.41) is 9.22. The van der Waals surface area contributed by atoms with E-state index >= 15 is 0 Å². The summed E-state index contributed by atoms with van der Waals surface area (Å²) in [4.78, 5) is 28.5. The van der Waals surface area contributed by atoms with Crippen LogP contribution in [0.2, 0.25) is 0 Å². The molecule has 140 valence electrons. The molecule has 26 heavy (non-hydrogen) atoms. The molecule has 2 heterocycles. The molecule has 0 aromatic carbocycles. The first kappa shape index (κ1) is 18.6. The van der Waals surface area contributed by atoms with Gasteiger partial charge in [-0.3, -0.25) is 5.26 Å². The fourth-order valence-electron chi connectivity index (χ4n) is 3.73. The van der Waals surface area contributed by atoms with Gasteiger partial charge in [-0.25, -0.2) is 14.5 Å². The van der Waals surface area contributed by atoms with Crippen molar-refractivity contribution >= 4 is 11.9 Å². The Hall–Kier alpha value is -2.18. The highest BCUT2D eigenvalue weighted by Crippen LogP contribution is 2.35. The molecule has 0 saturated carbocycles. The summed E-state index contributed by atoms with van der Waals surface area (Å²) in [5.41, 5.74) is 2.74. The van der Waals surface area contributed by atoms with Gasteiger partial charge in [-0.05, 0) is 50.3 Å². The predicted octanol–water partition coefficient (Wildman–Crippen LogP) is 3.26. The van der Waals surface area contributed by atoms with Crippen LogP contribution in [0.3, 0.4) is 0 Å². The van der Waals surface area contributed by atoms with Gasteiger partial charge < -0.3 is 9.47 Å². The van der Waals surface area contributed by atoms with Crippen molar-refractivity contribution in [2.75, 3.05) is 0 Å². The van der Waals surface area contributed by atoms with Crippen LogP contribution in [-0.4, -0.2) is 35.5 Å². The Labute approximate surface area is 152 Å². The molecule has 3 aliphatic rings. The minimum Gasteiger partial charge on any atom is -0.454 e. The molecule has 4 atom stereocenters. The van der Waals surface area contributed by atoms with Crippen molar-refractivity contribution in [2.24, 2.45) is 5.92 Å². The van der Waals surface area contributed by atoms with Gasteiger partial charge in [0.05, 0.1) is 0 Å². The van der Waals surface area contributed by atoms with Crippen LogP contribution in [0.15, 0.2) is 47.6 Å². The number of hydrogen-bond acceptors (Lipinski definition) is 6. The van der Waals surface area contributed by atoms with E-state index in [4.69, 9.17) is 9.47 Å². The van der Waals surface area contributed by atoms with Gasteiger partial charge in [-0.2, -0.15) is 0 Å². The van der Waals surface area contributed by atoms with Crippen molar-refractivity contribution in [3.8, 4) is 0 Å². The largest absolute Gasteiger partial charge is 0.454 e. The molecule has 3 rings (SSSR count). The summed E-state index contributed by atoms with van der Waals surface area (Å²) in [5.74, 6) is -0.865. The number of esters is 2. The van der Waals surface area contributed by atoms with Crippen LogP contribution in [0.25, 0.3) is 0 Å². The third-order valence-corrected chi connectivity index (χ3v) is 5.26. The lowest BCUT2D eigenvalue weighted by molar-refractivity contribution is -0.270. The molecular weight excluding hydrogens is 336 g/mol. The highest BCUT2D eigenvalue weighted by atomic mass is 17.1. The SMILES string of the molecule is C=C1CC[C@@H]2C(=C)C(=O)O[C@H]2/C=C(\C)C[C@@H]2C=C(CCC1OO)C(=O)O2. The third kappa shape index (κ3) is 3.81. The first-order valence-electron chi connectivity index (χ1n) is 8.85. The van der Waals surface area contributed by atoms with E-state index in [-0.39, 0.29) is 30.1 Å². The van der Waals surface area contributed by atoms with E-state index in [1.807, 2.05) is 19.1 Å². The second-order valence-electron chi connectivity index (χ2n) is 7.18. The quantitative estimate of drug-likeness (QED) is 0.254. The molecule has 1 aliphatic carbocycles. The van der Waals surface area contributed by atoms with Crippen LogP contribution in [0.4, 0.5) is 0 Å². The number of carbonyl (C=O) groups is 2. The lowest BCUT2D eigenvalue weighted by Crippen LogP contribution is -2.18. The van der Waals surface area contributed by atoms with Gasteiger partial charge in [-0.15, -0.1) is 0 Å². The van der Waals surface area contributed by atoms with Gasteiger partial charge >= 0.3 is 11.9 Å². The van der Waals surface area contributed by atoms with E-state index < -0.39 is 6.10 Å². The summed E-state index contributed by atoms with van der Waals surface area (Å²) in [6.07, 6.45) is 5.05. The summed E-state index contributed by atoms with van der Waals surface area (Å²) < 4.78 is 10.8. The number of hydrogen-bond donors (Lipinski definition) is 1. The van der Waals surface area contributed by atoms with Gasteiger partial charge in [0.15, 0.2) is 0 Å². The summed E-state index contributed by atoms with van der Waals surface area (Å²) in [6, 6.07) is 0. The molecule has 1 N–H and O–H groups in total. The van der Waals surface area contributed by atoms with Gasteiger partial charge in [0.1, 0.15) is 18.3 Å². The molecule has 2 bridgehead atoms. The fraction of sp³-hybridized carbons (Fsp3) is 0.500. The van der Waals surface area contributed by atoms with Crippen molar-refractivity contribution in [2.45, 2.75) is 57.3 Å². The average molecular weight is 360 g/mol. The van der Waals surface area contributed by atoms with E-state index in [0.29, 0.717) is 48.8 Å². The van der Waals surface area contributed by atoms with Gasteiger partial charge in [0.25, 0.3) is 0 Å². The lowest BCUT2D eigenvalue weighted by Gasteiger charge is -2.20. The molecule has 6 nitrogen and oxygen atoms in total. The van der Waals surface area contributed by atoms with E-state index in [1.165, 1.54) is 0 Å². The predicted molar refractivity (Wildman–Crippen MR) is 94.0 cm³/mol. The van der Waals surface area contributed by atoms with Crippen LogP contribution in [0.1, 0.15) is 39.0 Å². The smallest absolute Gasteiger partial charge is 0.334 e. The van der Waals surface area contributed by atoms with Gasteiger partial charge in [0.2, 0.25) is 0 Å². The first-order valence-corrected chi connectivity index (χ1v) is 8.85. The monoisotopic (exact) mass is 360 g/mol. The Bertz CT molecular complexity index is 701. The molecule has 1 fully saturated rings. The fourth-order valence-corrected chi connectivity index (χ4v) is 3.73. The number of rotatable bonds is 1. The van der Waals surface area contributed by atoms with Crippen LogP contribution in [0.5, 0.6) is 0 Å². The summed E-state index contributed by atoms with van der Waals surface area (Å²) >= 11 is 0. The third-order valence-electron chi connectivity index (χ3n) is 5.26. The highest BCUT2D eigenvalue weighted by Gasteiger charge is 2.38. The molecular formula is C20H24O6. The molecule has 0 aromatic rings. The van der Waals surface area contributed by atoms with Crippen LogP contribution in [-0.2, 0) is 24.0 Å². The Kier molecular flexibility index (Phi) is 5.44. The van der Waals surface area contributed by atoms with Crippen molar-refractivity contribution < 1.29 is 29.2 Å². The maximum atomic E-state index is 12.0. The minimum absolute atomic E-state index is 0.145. The van der Waals surface area contributed by atoms with Crippen molar-refractivity contribution in [3.63, 3.8) is 0 Å². The Morgan fingerprint density at radius 2 is 1.88 bits per heavy atom. The van der Waals surface area contributed by atoms with Crippen LogP contribution < -0.4 is 0 Å². The maximum absolute atomic E-state index is 12.0. The molecule has 1 saturated heterocycles. The van der Waals surface area contributed by atoms with Crippen molar-refractivity contribution in [1.29, 1.82) is 0 Å². The lowest BCUT2D eigenvalue weighted by atomic mass is 9.87. The average Bonchev–Trinajstić information content (AvgIpc) is 3.05. The molecule has 0 aromatic heterocycles. The number of carbonyl (C=O) groups excluding carboxylic acids is 2. The van der Waals surface area contributed by atoms with Crippen molar-refractivity contribution in [1.82, 2.24) is 0 Å². The first-order chi connectivity index (χ1) is 12.4. The standard InChI is InChI=1S/C20H24O6/c1-11-8-15-10-14(20(22)24-15)5-7-17(26-23)12(2)4-6-16-13(3)19(21)25-18(16)9-11/h9-10,15-18,23H,2-8H2,1H3/b11-9+/t15-,16-,17?,18+/m1/s1. The normalized spacial score (nSPS) is 35.0. The molecule has 0 radical (unpaired) electrons. The molecule has 1 unspecified atom stereocenters. The van der Waals surface area contributed by atoms with E-state index in [1.54, 1.807) is 0 Å². The number of ether oxygens (including phenoxy) is 2. The Morgan fingerprint density at radius 3 is 2.62 bits per heavy atom. The topological polar surface area (TPSA) is 82.1 Å². The molecule has 2 aliphatic heterocycles. The van der Waals surface area contributed by atoms with Gasteiger partial charge in [0, 0.05) is 23.5 Å².